The minimum Gasteiger partial charge on any atom is -0.455 e. The molecular weight excluding hydrogens is 384 g/mol. The van der Waals surface area contributed by atoms with Gasteiger partial charge in [-0.15, -0.1) is 11.8 Å². The smallest absolute Gasteiger partial charge is 0.355 e. The summed E-state index contributed by atoms with van der Waals surface area (Å²) in [6.07, 6.45) is 1.57. The molecule has 0 radical (unpaired) electrons. The molecule has 6 nitrogen and oxygen atoms in total. The molecular formula is C15H19BrN2O4S. The van der Waals surface area contributed by atoms with E-state index in [0.29, 0.717) is 11.3 Å². The third-order valence-electron chi connectivity index (χ3n) is 3.27. The highest BCUT2D eigenvalue weighted by molar-refractivity contribution is 9.09. The SMILES string of the molecule is C=CC1=C(C(=O)OC(C)(C)C)N2C(=O)[C@@H](NC(=O)CBr)[C@@H]2SC1. The Bertz CT molecular complexity index is 597. The Morgan fingerprint density at radius 3 is 2.70 bits per heavy atom. The van der Waals surface area contributed by atoms with E-state index in [2.05, 4.69) is 27.8 Å². The molecule has 0 aromatic rings. The molecule has 1 N–H and O–H groups in total. The number of hydrogen-bond acceptors (Lipinski definition) is 5. The first-order valence-electron chi connectivity index (χ1n) is 7.08. The zero-order valence-corrected chi connectivity index (χ0v) is 15.6. The number of halogens is 1. The Morgan fingerprint density at radius 1 is 1.52 bits per heavy atom. The van der Waals surface area contributed by atoms with E-state index in [-0.39, 0.29) is 28.2 Å². The molecule has 2 heterocycles. The third-order valence-corrected chi connectivity index (χ3v) is 5.09. The lowest BCUT2D eigenvalue weighted by Crippen LogP contribution is -2.70. The van der Waals surface area contributed by atoms with Crippen LogP contribution in [0.15, 0.2) is 23.9 Å². The summed E-state index contributed by atoms with van der Waals surface area (Å²) >= 11 is 4.54. The molecule has 2 aliphatic rings. The van der Waals surface area contributed by atoms with E-state index < -0.39 is 17.6 Å². The van der Waals surface area contributed by atoms with E-state index in [4.69, 9.17) is 4.74 Å². The maximum Gasteiger partial charge on any atom is 0.355 e. The average Bonchev–Trinajstić information content (AvgIpc) is 2.48. The number of rotatable bonds is 4. The summed E-state index contributed by atoms with van der Waals surface area (Å²) in [5.74, 6) is -0.582. The van der Waals surface area contributed by atoms with Crippen LogP contribution >= 0.6 is 27.7 Å². The van der Waals surface area contributed by atoms with Crippen molar-refractivity contribution in [2.24, 2.45) is 0 Å². The minimum absolute atomic E-state index is 0.126. The average molecular weight is 403 g/mol. The van der Waals surface area contributed by atoms with Gasteiger partial charge >= 0.3 is 5.97 Å². The fourth-order valence-electron chi connectivity index (χ4n) is 2.33. The van der Waals surface area contributed by atoms with Crippen molar-refractivity contribution < 1.29 is 19.1 Å². The molecule has 2 rings (SSSR count). The molecule has 0 aromatic carbocycles. The molecule has 2 atom stereocenters. The van der Waals surface area contributed by atoms with E-state index in [1.54, 1.807) is 26.8 Å². The Morgan fingerprint density at radius 2 is 2.17 bits per heavy atom. The number of fused-ring (bicyclic) bond motifs is 1. The van der Waals surface area contributed by atoms with Crippen LogP contribution in [-0.2, 0) is 19.1 Å². The lowest BCUT2D eigenvalue weighted by molar-refractivity contribution is -0.158. The number of carbonyl (C=O) groups excluding carboxylic acids is 3. The molecule has 23 heavy (non-hydrogen) atoms. The summed E-state index contributed by atoms with van der Waals surface area (Å²) in [4.78, 5) is 37.8. The molecule has 0 aromatic heterocycles. The molecule has 0 aliphatic carbocycles. The first-order valence-corrected chi connectivity index (χ1v) is 9.25. The van der Waals surface area contributed by atoms with Crippen LogP contribution < -0.4 is 5.32 Å². The summed E-state index contributed by atoms with van der Waals surface area (Å²) in [7, 11) is 0. The van der Waals surface area contributed by atoms with E-state index >= 15 is 0 Å². The molecule has 8 heteroatoms. The number of amides is 2. The quantitative estimate of drug-likeness (QED) is 0.438. The molecule has 0 unspecified atom stereocenters. The minimum atomic E-state index is -0.659. The Hall–Kier alpha value is -1.28. The number of hydrogen-bond donors (Lipinski definition) is 1. The maximum atomic E-state index is 12.5. The predicted octanol–water partition coefficient (Wildman–Crippen LogP) is 1.56. The standard InChI is InChI=1S/C15H19BrN2O4S/c1-5-8-7-23-13-10(17-9(19)6-16)12(20)18(13)11(8)14(21)22-15(2,3)4/h5,10,13H,1,6-7H2,2-4H3,(H,17,19)/t10-,13+/m1/s1. The zero-order chi connectivity index (χ0) is 17.4. The van der Waals surface area contributed by atoms with Crippen LogP contribution in [-0.4, -0.2) is 50.8 Å². The van der Waals surface area contributed by atoms with Crippen LogP contribution in [0, 0.1) is 0 Å². The Kier molecular flexibility index (Phi) is 5.25. The van der Waals surface area contributed by atoms with Gasteiger partial charge < -0.3 is 10.1 Å². The highest BCUT2D eigenvalue weighted by Gasteiger charge is 2.54. The second kappa shape index (κ2) is 6.68. The van der Waals surface area contributed by atoms with Crippen LogP contribution in [0.5, 0.6) is 0 Å². The highest BCUT2D eigenvalue weighted by Crippen LogP contribution is 2.41. The van der Waals surface area contributed by atoms with Crippen molar-refractivity contribution in [3.63, 3.8) is 0 Å². The lowest BCUT2D eigenvalue weighted by atomic mass is 10.0. The number of β-lactam (4-membered cyclic amide) rings is 1. The number of nitrogens with zero attached hydrogens (tertiary/aromatic N) is 1. The van der Waals surface area contributed by atoms with Gasteiger partial charge in [0.25, 0.3) is 5.91 Å². The van der Waals surface area contributed by atoms with E-state index in [1.165, 1.54) is 16.7 Å². The van der Waals surface area contributed by atoms with Crippen LogP contribution in [0.2, 0.25) is 0 Å². The maximum absolute atomic E-state index is 12.5. The molecule has 1 saturated heterocycles. The summed E-state index contributed by atoms with van der Waals surface area (Å²) in [6.45, 7) is 9.02. The topological polar surface area (TPSA) is 75.7 Å². The summed E-state index contributed by atoms with van der Waals surface area (Å²) in [6, 6.07) is -0.617. The van der Waals surface area contributed by atoms with Crippen molar-refractivity contribution in [1.82, 2.24) is 10.2 Å². The molecule has 126 valence electrons. The van der Waals surface area contributed by atoms with Crippen LogP contribution in [0.3, 0.4) is 0 Å². The number of ether oxygens (including phenoxy) is 1. The lowest BCUT2D eigenvalue weighted by Gasteiger charge is -2.49. The van der Waals surface area contributed by atoms with E-state index in [0.717, 1.165) is 0 Å². The number of thioether (sulfide) groups is 1. The first-order chi connectivity index (χ1) is 10.7. The second-order valence-electron chi connectivity index (χ2n) is 6.17. The Labute approximate surface area is 147 Å². The fourth-order valence-corrected chi connectivity index (χ4v) is 3.83. The molecule has 1 fully saturated rings. The van der Waals surface area contributed by atoms with Gasteiger partial charge in [-0.1, -0.05) is 28.6 Å². The van der Waals surface area contributed by atoms with Gasteiger partial charge in [0.2, 0.25) is 5.91 Å². The molecule has 0 spiro atoms. The summed E-state index contributed by atoms with van der Waals surface area (Å²) in [5, 5.41) is 2.49. The number of allylic oxidation sites excluding steroid dienone is 1. The molecule has 0 bridgehead atoms. The number of carbonyl (C=O) groups is 3. The molecule has 2 amide bonds. The molecule has 0 saturated carbocycles. The second-order valence-corrected chi connectivity index (χ2v) is 7.83. The number of nitrogens with one attached hydrogen (secondary N) is 1. The van der Waals surface area contributed by atoms with Gasteiger partial charge in [-0.3, -0.25) is 14.5 Å². The zero-order valence-electron chi connectivity index (χ0n) is 13.2. The van der Waals surface area contributed by atoms with Gasteiger partial charge in [0.05, 0.1) is 5.33 Å². The van der Waals surface area contributed by atoms with Crippen molar-refractivity contribution in [2.45, 2.75) is 37.8 Å². The van der Waals surface area contributed by atoms with Crippen molar-refractivity contribution in [3.05, 3.63) is 23.9 Å². The fraction of sp³-hybridized carbons (Fsp3) is 0.533. The largest absolute Gasteiger partial charge is 0.455 e. The third kappa shape index (κ3) is 3.63. The van der Waals surface area contributed by atoms with E-state index in [1.807, 2.05) is 0 Å². The summed E-state index contributed by atoms with van der Waals surface area (Å²) in [5.41, 5.74) is 0.237. The van der Waals surface area contributed by atoms with Gasteiger partial charge in [0.1, 0.15) is 22.7 Å². The normalized spacial score (nSPS) is 23.8. The van der Waals surface area contributed by atoms with Crippen LogP contribution in [0.4, 0.5) is 0 Å². The van der Waals surface area contributed by atoms with Crippen LogP contribution in [0.1, 0.15) is 20.8 Å². The van der Waals surface area contributed by atoms with Gasteiger partial charge in [0, 0.05) is 5.75 Å². The predicted molar refractivity (Wildman–Crippen MR) is 91.9 cm³/mol. The van der Waals surface area contributed by atoms with E-state index in [9.17, 15) is 14.4 Å². The number of alkyl halides is 1. The van der Waals surface area contributed by atoms with Crippen molar-refractivity contribution in [2.75, 3.05) is 11.1 Å². The summed E-state index contributed by atoms with van der Waals surface area (Å²) < 4.78 is 5.41. The Balaban J connectivity index is 2.25. The van der Waals surface area contributed by atoms with Gasteiger partial charge in [0.15, 0.2) is 0 Å². The highest BCUT2D eigenvalue weighted by atomic mass is 79.9. The van der Waals surface area contributed by atoms with Gasteiger partial charge in [-0.05, 0) is 26.3 Å². The number of esters is 1. The first kappa shape index (κ1) is 18.1. The van der Waals surface area contributed by atoms with Crippen molar-refractivity contribution in [3.8, 4) is 0 Å². The van der Waals surface area contributed by atoms with Crippen molar-refractivity contribution in [1.29, 1.82) is 0 Å². The van der Waals surface area contributed by atoms with Crippen molar-refractivity contribution >= 4 is 45.5 Å². The monoisotopic (exact) mass is 402 g/mol. The van der Waals surface area contributed by atoms with Gasteiger partial charge in [-0.2, -0.15) is 0 Å². The van der Waals surface area contributed by atoms with Crippen LogP contribution in [0.25, 0.3) is 0 Å². The molecule has 2 aliphatic heterocycles. The van der Waals surface area contributed by atoms with Gasteiger partial charge in [-0.25, -0.2) is 4.79 Å².